The van der Waals surface area contributed by atoms with Gasteiger partial charge in [0, 0.05) is 18.2 Å². The minimum atomic E-state index is -0.0601. The summed E-state index contributed by atoms with van der Waals surface area (Å²) in [6.07, 6.45) is 0. The summed E-state index contributed by atoms with van der Waals surface area (Å²) in [7, 11) is 3.42. The summed E-state index contributed by atoms with van der Waals surface area (Å²) >= 11 is 0. The number of rotatable bonds is 3. The number of benzene rings is 1. The molecule has 84 valence electrons. The summed E-state index contributed by atoms with van der Waals surface area (Å²) in [5.74, 6) is 0.740. The van der Waals surface area contributed by atoms with Crippen LogP contribution in [0.5, 0.6) is 5.75 Å². The predicted molar refractivity (Wildman–Crippen MR) is 63.9 cm³/mol. The molecule has 0 aliphatic rings. The normalized spacial score (nSPS) is 10.6. The van der Waals surface area contributed by atoms with Crippen molar-refractivity contribution in [1.82, 2.24) is 10.3 Å². The standard InChI is InChI=1S/C12H14N2O2/c1-13-7-9-5-8-3-4-10(16-2)6-11(8)14-12(9)15/h3-6,13H,7H2,1-2H3,(H,14,15). The van der Waals surface area contributed by atoms with Crippen molar-refractivity contribution in [3.8, 4) is 5.75 Å². The van der Waals surface area contributed by atoms with Crippen LogP contribution in [0.2, 0.25) is 0 Å². The number of nitrogens with one attached hydrogen (secondary N) is 2. The molecule has 0 spiro atoms. The SMILES string of the molecule is CNCc1cc2ccc(OC)cc2[nH]c1=O. The third-order valence-corrected chi connectivity index (χ3v) is 2.50. The first-order valence-corrected chi connectivity index (χ1v) is 5.09. The Balaban J connectivity index is 2.59. The second-order valence-electron chi connectivity index (χ2n) is 3.61. The molecule has 0 saturated carbocycles. The lowest BCUT2D eigenvalue weighted by atomic mass is 10.1. The highest BCUT2D eigenvalue weighted by Crippen LogP contribution is 2.18. The number of hydrogen-bond acceptors (Lipinski definition) is 3. The lowest BCUT2D eigenvalue weighted by Gasteiger charge is -2.04. The van der Waals surface area contributed by atoms with Crippen molar-refractivity contribution in [1.29, 1.82) is 0 Å². The van der Waals surface area contributed by atoms with E-state index in [1.165, 1.54) is 0 Å². The van der Waals surface area contributed by atoms with Crippen LogP contribution in [0.4, 0.5) is 0 Å². The topological polar surface area (TPSA) is 54.1 Å². The molecule has 1 heterocycles. The Morgan fingerprint density at radius 3 is 2.88 bits per heavy atom. The number of H-pyrrole nitrogens is 1. The molecule has 0 fully saturated rings. The Bertz CT molecular complexity index is 560. The fourth-order valence-electron chi connectivity index (χ4n) is 1.67. The van der Waals surface area contributed by atoms with Crippen LogP contribution < -0.4 is 15.6 Å². The first kappa shape index (κ1) is 10.7. The third kappa shape index (κ3) is 1.92. The first-order valence-electron chi connectivity index (χ1n) is 5.09. The monoisotopic (exact) mass is 218 g/mol. The number of fused-ring (bicyclic) bond motifs is 1. The van der Waals surface area contributed by atoms with Gasteiger partial charge in [-0.15, -0.1) is 0 Å². The van der Waals surface area contributed by atoms with E-state index >= 15 is 0 Å². The third-order valence-electron chi connectivity index (χ3n) is 2.50. The molecule has 0 bridgehead atoms. The zero-order valence-electron chi connectivity index (χ0n) is 9.33. The van der Waals surface area contributed by atoms with E-state index < -0.39 is 0 Å². The van der Waals surface area contributed by atoms with Crippen molar-refractivity contribution < 1.29 is 4.74 Å². The van der Waals surface area contributed by atoms with Crippen LogP contribution in [0, 0.1) is 0 Å². The Kier molecular flexibility index (Phi) is 2.92. The molecule has 4 heteroatoms. The van der Waals surface area contributed by atoms with Gasteiger partial charge in [-0.2, -0.15) is 0 Å². The fourth-order valence-corrected chi connectivity index (χ4v) is 1.67. The largest absolute Gasteiger partial charge is 0.497 e. The van der Waals surface area contributed by atoms with E-state index in [1.54, 1.807) is 7.11 Å². The van der Waals surface area contributed by atoms with Gasteiger partial charge in [-0.25, -0.2) is 0 Å². The highest BCUT2D eigenvalue weighted by molar-refractivity contribution is 5.80. The maximum absolute atomic E-state index is 11.7. The molecule has 4 nitrogen and oxygen atoms in total. The van der Waals surface area contributed by atoms with Crippen molar-refractivity contribution >= 4 is 10.9 Å². The van der Waals surface area contributed by atoms with Gasteiger partial charge in [-0.05, 0) is 30.6 Å². The highest BCUT2D eigenvalue weighted by Gasteiger charge is 2.02. The molecule has 1 aromatic heterocycles. The average Bonchev–Trinajstić information content (AvgIpc) is 2.30. The predicted octanol–water partition coefficient (Wildman–Crippen LogP) is 1.26. The van der Waals surface area contributed by atoms with Gasteiger partial charge in [0.15, 0.2) is 0 Å². The van der Waals surface area contributed by atoms with Crippen LogP contribution in [0.15, 0.2) is 29.1 Å². The number of hydrogen-bond donors (Lipinski definition) is 2. The molecule has 1 aromatic carbocycles. The second-order valence-corrected chi connectivity index (χ2v) is 3.61. The zero-order chi connectivity index (χ0) is 11.5. The molecule has 0 amide bonds. The molecule has 0 unspecified atom stereocenters. The van der Waals surface area contributed by atoms with Crippen molar-refractivity contribution in [3.63, 3.8) is 0 Å². The van der Waals surface area contributed by atoms with Gasteiger partial charge in [0.2, 0.25) is 0 Å². The van der Waals surface area contributed by atoms with E-state index in [1.807, 2.05) is 31.3 Å². The molecule has 0 atom stereocenters. The van der Waals surface area contributed by atoms with E-state index in [9.17, 15) is 4.79 Å². The number of ether oxygens (including phenoxy) is 1. The minimum absolute atomic E-state index is 0.0601. The van der Waals surface area contributed by atoms with Crippen molar-refractivity contribution in [2.45, 2.75) is 6.54 Å². The summed E-state index contributed by atoms with van der Waals surface area (Å²) < 4.78 is 5.11. The van der Waals surface area contributed by atoms with Crippen LogP contribution >= 0.6 is 0 Å². The quantitative estimate of drug-likeness (QED) is 0.815. The molecular weight excluding hydrogens is 204 g/mol. The second kappa shape index (κ2) is 4.37. The van der Waals surface area contributed by atoms with Gasteiger partial charge < -0.3 is 15.0 Å². The minimum Gasteiger partial charge on any atom is -0.497 e. The number of pyridine rings is 1. The zero-order valence-corrected chi connectivity index (χ0v) is 9.33. The van der Waals surface area contributed by atoms with Crippen LogP contribution in [0.25, 0.3) is 10.9 Å². The molecule has 0 saturated heterocycles. The average molecular weight is 218 g/mol. The number of aromatic nitrogens is 1. The molecule has 0 aliphatic carbocycles. The Morgan fingerprint density at radius 1 is 1.38 bits per heavy atom. The Hall–Kier alpha value is -1.81. The lowest BCUT2D eigenvalue weighted by Crippen LogP contribution is -2.17. The van der Waals surface area contributed by atoms with Crippen molar-refractivity contribution in [2.24, 2.45) is 0 Å². The van der Waals surface area contributed by atoms with E-state index in [4.69, 9.17) is 4.74 Å². The summed E-state index contributed by atoms with van der Waals surface area (Å²) in [5.41, 5.74) is 1.47. The molecule has 0 aliphatic heterocycles. The molecule has 16 heavy (non-hydrogen) atoms. The molecule has 2 aromatic rings. The van der Waals surface area contributed by atoms with Gasteiger partial charge in [0.05, 0.1) is 12.6 Å². The Morgan fingerprint density at radius 2 is 2.19 bits per heavy atom. The highest BCUT2D eigenvalue weighted by atomic mass is 16.5. The van der Waals surface area contributed by atoms with Crippen LogP contribution in [0.3, 0.4) is 0 Å². The summed E-state index contributed by atoms with van der Waals surface area (Å²) in [5, 5.41) is 3.97. The number of aromatic amines is 1. The summed E-state index contributed by atoms with van der Waals surface area (Å²) in [6, 6.07) is 7.52. The maximum atomic E-state index is 11.7. The van der Waals surface area contributed by atoms with E-state index in [2.05, 4.69) is 10.3 Å². The Labute approximate surface area is 93.3 Å². The van der Waals surface area contributed by atoms with Gasteiger partial charge in [-0.1, -0.05) is 0 Å². The van der Waals surface area contributed by atoms with Gasteiger partial charge in [0.25, 0.3) is 5.56 Å². The summed E-state index contributed by atoms with van der Waals surface area (Å²) in [6.45, 7) is 0.567. The van der Waals surface area contributed by atoms with Crippen LogP contribution in [-0.2, 0) is 6.54 Å². The summed E-state index contributed by atoms with van der Waals surface area (Å²) in [4.78, 5) is 14.5. The molecule has 2 rings (SSSR count). The van der Waals surface area contributed by atoms with Gasteiger partial charge in [-0.3, -0.25) is 4.79 Å². The smallest absolute Gasteiger partial charge is 0.252 e. The fraction of sp³-hybridized carbons (Fsp3) is 0.250. The lowest BCUT2D eigenvalue weighted by molar-refractivity contribution is 0.415. The van der Waals surface area contributed by atoms with E-state index in [0.717, 1.165) is 22.2 Å². The molecule has 2 N–H and O–H groups in total. The number of methoxy groups -OCH3 is 1. The van der Waals surface area contributed by atoms with E-state index in [-0.39, 0.29) is 5.56 Å². The van der Waals surface area contributed by atoms with Gasteiger partial charge >= 0.3 is 0 Å². The van der Waals surface area contributed by atoms with Crippen molar-refractivity contribution in [3.05, 3.63) is 40.2 Å². The first-order chi connectivity index (χ1) is 7.74. The molecule has 0 radical (unpaired) electrons. The van der Waals surface area contributed by atoms with Gasteiger partial charge in [0.1, 0.15) is 5.75 Å². The van der Waals surface area contributed by atoms with Crippen LogP contribution in [0.1, 0.15) is 5.56 Å². The van der Waals surface area contributed by atoms with Crippen LogP contribution in [-0.4, -0.2) is 19.1 Å². The molecular formula is C12H14N2O2. The maximum Gasteiger partial charge on any atom is 0.252 e. The van der Waals surface area contributed by atoms with E-state index in [0.29, 0.717) is 6.54 Å². The van der Waals surface area contributed by atoms with Crippen molar-refractivity contribution in [2.75, 3.05) is 14.2 Å².